The average Bonchev–Trinajstić information content (AvgIpc) is 2.38. The molecule has 0 amide bonds. The molecule has 0 aromatic heterocycles. The van der Waals surface area contributed by atoms with E-state index in [2.05, 4.69) is 4.72 Å². The summed E-state index contributed by atoms with van der Waals surface area (Å²) >= 11 is 0. The molecule has 0 saturated carbocycles. The van der Waals surface area contributed by atoms with E-state index >= 15 is 0 Å². The zero-order valence-corrected chi connectivity index (χ0v) is 12.6. The van der Waals surface area contributed by atoms with E-state index in [9.17, 15) is 13.2 Å². The standard InChI is InChI=1S/C14H18N2O4S/c1-2-3-13(8-14(17)18)16-21(19,20)10-12-6-4-11(9-15)5-7-12/h4-7,13,16H,2-3,8,10H2,1H3,(H,17,18). The molecule has 2 N–H and O–H groups in total. The van der Waals surface area contributed by atoms with E-state index in [1.807, 2.05) is 13.0 Å². The Bertz CT molecular complexity index is 617. The molecule has 1 rings (SSSR count). The molecule has 0 bridgehead atoms. The number of carbonyl (C=O) groups is 1. The van der Waals surface area contributed by atoms with Crippen LogP contribution in [0.4, 0.5) is 0 Å². The summed E-state index contributed by atoms with van der Waals surface area (Å²) in [6.07, 6.45) is 0.927. The van der Waals surface area contributed by atoms with Crippen molar-refractivity contribution in [2.75, 3.05) is 0 Å². The molecule has 0 aliphatic rings. The van der Waals surface area contributed by atoms with Crippen molar-refractivity contribution in [3.8, 4) is 6.07 Å². The van der Waals surface area contributed by atoms with Gasteiger partial charge >= 0.3 is 5.97 Å². The van der Waals surface area contributed by atoms with E-state index in [1.54, 1.807) is 24.3 Å². The van der Waals surface area contributed by atoms with Crippen LogP contribution in [0.15, 0.2) is 24.3 Å². The van der Waals surface area contributed by atoms with Crippen molar-refractivity contribution in [3.63, 3.8) is 0 Å². The number of benzene rings is 1. The normalized spacial score (nSPS) is 12.6. The molecule has 0 spiro atoms. The van der Waals surface area contributed by atoms with Crippen LogP contribution < -0.4 is 4.72 Å². The molecule has 1 aromatic rings. The minimum Gasteiger partial charge on any atom is -0.481 e. The smallest absolute Gasteiger partial charge is 0.304 e. The molecule has 0 aliphatic carbocycles. The second kappa shape index (κ2) is 7.76. The number of nitrogens with zero attached hydrogens (tertiary/aromatic N) is 1. The molecular weight excluding hydrogens is 292 g/mol. The quantitative estimate of drug-likeness (QED) is 0.758. The van der Waals surface area contributed by atoms with Gasteiger partial charge in [0.05, 0.1) is 23.8 Å². The van der Waals surface area contributed by atoms with Crippen LogP contribution in [0.2, 0.25) is 0 Å². The van der Waals surface area contributed by atoms with E-state index in [0.717, 1.165) is 0 Å². The molecule has 1 atom stereocenters. The summed E-state index contributed by atoms with van der Waals surface area (Å²) in [5.41, 5.74) is 1.01. The number of sulfonamides is 1. The summed E-state index contributed by atoms with van der Waals surface area (Å²) in [4.78, 5) is 10.7. The van der Waals surface area contributed by atoms with E-state index in [0.29, 0.717) is 24.0 Å². The molecule has 1 aromatic carbocycles. The Morgan fingerprint density at radius 2 is 2.00 bits per heavy atom. The van der Waals surface area contributed by atoms with Gasteiger partial charge in [0.1, 0.15) is 0 Å². The molecule has 0 heterocycles. The van der Waals surface area contributed by atoms with Crippen LogP contribution >= 0.6 is 0 Å². The van der Waals surface area contributed by atoms with Gasteiger partial charge in [-0.25, -0.2) is 13.1 Å². The van der Waals surface area contributed by atoms with Crippen molar-refractivity contribution in [2.45, 2.75) is 38.0 Å². The highest BCUT2D eigenvalue weighted by atomic mass is 32.2. The fraction of sp³-hybridized carbons (Fsp3) is 0.429. The Hall–Kier alpha value is -1.91. The summed E-state index contributed by atoms with van der Waals surface area (Å²) in [6.45, 7) is 1.86. The predicted octanol–water partition coefficient (Wildman–Crippen LogP) is 1.62. The average molecular weight is 310 g/mol. The Morgan fingerprint density at radius 1 is 1.38 bits per heavy atom. The van der Waals surface area contributed by atoms with E-state index < -0.39 is 22.0 Å². The van der Waals surface area contributed by atoms with Crippen molar-refractivity contribution in [2.24, 2.45) is 0 Å². The molecule has 21 heavy (non-hydrogen) atoms. The third kappa shape index (κ3) is 6.38. The summed E-state index contributed by atoms with van der Waals surface area (Å²) in [5.74, 6) is -1.27. The number of aliphatic carboxylic acids is 1. The zero-order valence-electron chi connectivity index (χ0n) is 11.7. The lowest BCUT2D eigenvalue weighted by Gasteiger charge is -2.16. The lowest BCUT2D eigenvalue weighted by Crippen LogP contribution is -2.37. The first kappa shape index (κ1) is 17.1. The third-order valence-corrected chi connectivity index (χ3v) is 4.25. The van der Waals surface area contributed by atoms with Crippen molar-refractivity contribution in [3.05, 3.63) is 35.4 Å². The Kier molecular flexibility index (Phi) is 6.34. The van der Waals surface area contributed by atoms with Gasteiger partial charge in [0.2, 0.25) is 10.0 Å². The van der Waals surface area contributed by atoms with E-state index in [4.69, 9.17) is 10.4 Å². The van der Waals surface area contributed by atoms with Crippen molar-refractivity contribution in [1.82, 2.24) is 4.72 Å². The van der Waals surface area contributed by atoms with Gasteiger partial charge in [-0.1, -0.05) is 25.5 Å². The predicted molar refractivity (Wildman–Crippen MR) is 77.9 cm³/mol. The van der Waals surface area contributed by atoms with Crippen LogP contribution in [0.1, 0.15) is 37.3 Å². The summed E-state index contributed by atoms with van der Waals surface area (Å²) in [7, 11) is -3.62. The molecule has 1 unspecified atom stereocenters. The second-order valence-corrected chi connectivity index (χ2v) is 6.52. The molecule has 114 valence electrons. The number of rotatable bonds is 8. The number of carboxylic acids is 1. The minimum atomic E-state index is -3.62. The first-order valence-electron chi connectivity index (χ1n) is 6.57. The van der Waals surface area contributed by atoms with E-state index in [1.165, 1.54) is 0 Å². The number of hydrogen-bond acceptors (Lipinski definition) is 4. The van der Waals surface area contributed by atoms with Crippen LogP contribution in [-0.4, -0.2) is 25.5 Å². The van der Waals surface area contributed by atoms with Gasteiger partial charge in [-0.3, -0.25) is 4.79 Å². The summed E-state index contributed by atoms with van der Waals surface area (Å²) in [5, 5.41) is 17.5. The maximum absolute atomic E-state index is 12.1. The van der Waals surface area contributed by atoms with Gasteiger partial charge in [-0.05, 0) is 24.1 Å². The number of carboxylic acid groups (broad SMARTS) is 1. The lowest BCUT2D eigenvalue weighted by atomic mass is 10.1. The van der Waals surface area contributed by atoms with Gasteiger partial charge < -0.3 is 5.11 Å². The maximum Gasteiger partial charge on any atom is 0.304 e. The SMILES string of the molecule is CCCC(CC(=O)O)NS(=O)(=O)Cc1ccc(C#N)cc1. The highest BCUT2D eigenvalue weighted by Crippen LogP contribution is 2.10. The fourth-order valence-corrected chi connectivity index (χ4v) is 3.38. The number of nitrogens with one attached hydrogen (secondary N) is 1. The van der Waals surface area contributed by atoms with Gasteiger partial charge in [-0.15, -0.1) is 0 Å². The van der Waals surface area contributed by atoms with Crippen molar-refractivity contribution < 1.29 is 18.3 Å². The molecule has 7 heteroatoms. The first-order valence-corrected chi connectivity index (χ1v) is 8.22. The van der Waals surface area contributed by atoms with Crippen molar-refractivity contribution >= 4 is 16.0 Å². The van der Waals surface area contributed by atoms with Gasteiger partial charge in [-0.2, -0.15) is 5.26 Å². The Labute approximate surface area is 124 Å². The first-order chi connectivity index (χ1) is 9.86. The zero-order chi connectivity index (χ0) is 15.9. The molecular formula is C14H18N2O4S. The van der Waals surface area contributed by atoms with Crippen LogP contribution in [0.3, 0.4) is 0 Å². The van der Waals surface area contributed by atoms with Crippen LogP contribution in [-0.2, 0) is 20.6 Å². The van der Waals surface area contributed by atoms with Crippen molar-refractivity contribution in [1.29, 1.82) is 5.26 Å². The second-order valence-electron chi connectivity index (χ2n) is 4.77. The fourth-order valence-electron chi connectivity index (χ4n) is 1.95. The van der Waals surface area contributed by atoms with Gasteiger partial charge in [0.15, 0.2) is 0 Å². The van der Waals surface area contributed by atoms with Crippen LogP contribution in [0.25, 0.3) is 0 Å². The topological polar surface area (TPSA) is 107 Å². The molecule has 0 saturated heterocycles. The van der Waals surface area contributed by atoms with Crippen LogP contribution in [0.5, 0.6) is 0 Å². The largest absolute Gasteiger partial charge is 0.481 e. The molecule has 0 aliphatic heterocycles. The Balaban J connectivity index is 2.74. The lowest BCUT2D eigenvalue weighted by molar-refractivity contribution is -0.137. The molecule has 0 radical (unpaired) electrons. The monoisotopic (exact) mass is 310 g/mol. The molecule has 6 nitrogen and oxygen atoms in total. The summed E-state index contributed by atoms with van der Waals surface area (Å²) < 4.78 is 26.5. The number of nitriles is 1. The highest BCUT2D eigenvalue weighted by molar-refractivity contribution is 7.88. The third-order valence-electron chi connectivity index (χ3n) is 2.84. The summed E-state index contributed by atoms with van der Waals surface area (Å²) in [6, 6.07) is 7.60. The Morgan fingerprint density at radius 3 is 2.48 bits per heavy atom. The highest BCUT2D eigenvalue weighted by Gasteiger charge is 2.20. The van der Waals surface area contributed by atoms with Crippen LogP contribution in [0, 0.1) is 11.3 Å². The van der Waals surface area contributed by atoms with E-state index in [-0.39, 0.29) is 12.2 Å². The maximum atomic E-state index is 12.1. The molecule has 0 fully saturated rings. The number of hydrogen-bond donors (Lipinski definition) is 2. The minimum absolute atomic E-state index is 0.236. The van der Waals surface area contributed by atoms with Gasteiger partial charge in [0, 0.05) is 6.04 Å². The van der Waals surface area contributed by atoms with Gasteiger partial charge in [0.25, 0.3) is 0 Å².